The van der Waals surface area contributed by atoms with Crippen molar-refractivity contribution in [1.29, 1.82) is 0 Å². The van der Waals surface area contributed by atoms with E-state index in [0.29, 0.717) is 6.54 Å². The molecule has 0 N–H and O–H groups in total. The van der Waals surface area contributed by atoms with E-state index < -0.39 is 14.9 Å². The lowest BCUT2D eigenvalue weighted by Gasteiger charge is -2.08. The van der Waals surface area contributed by atoms with E-state index in [-0.39, 0.29) is 16.6 Å². The zero-order valence-corrected chi connectivity index (χ0v) is 12.7. The number of sulfonamides is 1. The van der Waals surface area contributed by atoms with Gasteiger partial charge in [0.15, 0.2) is 0 Å². The Balaban J connectivity index is 1.86. The van der Waals surface area contributed by atoms with E-state index in [9.17, 15) is 18.5 Å². The second-order valence-electron chi connectivity index (χ2n) is 5.20. The molecule has 2 aromatic rings. The van der Waals surface area contributed by atoms with Gasteiger partial charge in [-0.05, 0) is 30.2 Å². The lowest BCUT2D eigenvalue weighted by Crippen LogP contribution is -2.13. The topological polar surface area (TPSA) is 80.3 Å². The number of hydrogen-bond acceptors (Lipinski definition) is 4. The molecule has 1 aliphatic rings. The maximum atomic E-state index is 12.5. The number of aryl methyl sites for hydroxylation is 1. The van der Waals surface area contributed by atoms with Crippen molar-refractivity contribution in [3.63, 3.8) is 0 Å². The SMILES string of the molecule is Cc1ccccc1C1CN1S(=O)(=O)c1ccc([N+](=O)[O-])cc1. The van der Waals surface area contributed by atoms with Gasteiger partial charge in [-0.15, -0.1) is 0 Å². The predicted molar refractivity (Wildman–Crippen MR) is 80.9 cm³/mol. The molecule has 7 heteroatoms. The van der Waals surface area contributed by atoms with Gasteiger partial charge in [-0.3, -0.25) is 10.1 Å². The van der Waals surface area contributed by atoms with E-state index in [0.717, 1.165) is 11.1 Å². The summed E-state index contributed by atoms with van der Waals surface area (Å²) in [6.07, 6.45) is 0. The Hall–Kier alpha value is -2.25. The van der Waals surface area contributed by atoms with Crippen LogP contribution in [0.25, 0.3) is 0 Å². The molecule has 2 unspecified atom stereocenters. The predicted octanol–water partition coefficient (Wildman–Crippen LogP) is 2.65. The minimum Gasteiger partial charge on any atom is -0.258 e. The van der Waals surface area contributed by atoms with Crippen molar-refractivity contribution in [2.24, 2.45) is 0 Å². The first kappa shape index (κ1) is 14.7. The fraction of sp³-hybridized carbons (Fsp3) is 0.200. The van der Waals surface area contributed by atoms with Crippen LogP contribution in [0.4, 0.5) is 5.69 Å². The molecule has 0 aliphatic carbocycles. The molecule has 2 atom stereocenters. The summed E-state index contributed by atoms with van der Waals surface area (Å²) in [6, 6.07) is 12.5. The first-order valence-electron chi connectivity index (χ1n) is 6.73. The molecule has 1 heterocycles. The summed E-state index contributed by atoms with van der Waals surface area (Å²) in [4.78, 5) is 10.2. The summed E-state index contributed by atoms with van der Waals surface area (Å²) in [5.41, 5.74) is 1.92. The fourth-order valence-electron chi connectivity index (χ4n) is 2.48. The Morgan fingerprint density at radius 2 is 1.77 bits per heavy atom. The Bertz CT molecular complexity index is 831. The summed E-state index contributed by atoms with van der Waals surface area (Å²) in [7, 11) is -3.61. The van der Waals surface area contributed by atoms with Gasteiger partial charge < -0.3 is 0 Å². The van der Waals surface area contributed by atoms with Gasteiger partial charge in [0.25, 0.3) is 5.69 Å². The third-order valence-corrected chi connectivity index (χ3v) is 5.66. The van der Waals surface area contributed by atoms with Crippen molar-refractivity contribution in [2.75, 3.05) is 6.54 Å². The van der Waals surface area contributed by atoms with Crippen LogP contribution in [0.1, 0.15) is 17.2 Å². The van der Waals surface area contributed by atoms with Gasteiger partial charge in [0.1, 0.15) is 0 Å². The second-order valence-corrected chi connectivity index (χ2v) is 7.09. The highest BCUT2D eigenvalue weighted by Crippen LogP contribution is 2.41. The summed E-state index contributed by atoms with van der Waals surface area (Å²) >= 11 is 0. The van der Waals surface area contributed by atoms with Gasteiger partial charge in [-0.25, -0.2) is 8.42 Å². The highest BCUT2D eigenvalue weighted by atomic mass is 32.2. The van der Waals surface area contributed by atoms with Gasteiger partial charge in [0, 0.05) is 18.7 Å². The van der Waals surface area contributed by atoms with E-state index in [1.165, 1.54) is 28.6 Å². The van der Waals surface area contributed by atoms with Crippen LogP contribution in [-0.4, -0.2) is 24.2 Å². The number of benzene rings is 2. The molecule has 0 radical (unpaired) electrons. The van der Waals surface area contributed by atoms with Crippen molar-refractivity contribution in [3.8, 4) is 0 Å². The number of nitro benzene ring substituents is 1. The lowest BCUT2D eigenvalue weighted by molar-refractivity contribution is -0.384. The van der Waals surface area contributed by atoms with Crippen LogP contribution in [0, 0.1) is 17.0 Å². The zero-order valence-electron chi connectivity index (χ0n) is 11.8. The Labute approximate surface area is 128 Å². The quantitative estimate of drug-likeness (QED) is 0.493. The van der Waals surface area contributed by atoms with Gasteiger partial charge >= 0.3 is 0 Å². The van der Waals surface area contributed by atoms with E-state index >= 15 is 0 Å². The number of nitrogens with zero attached hydrogens (tertiary/aromatic N) is 2. The van der Waals surface area contributed by atoms with Crippen LogP contribution in [0.2, 0.25) is 0 Å². The third-order valence-electron chi connectivity index (χ3n) is 3.77. The van der Waals surface area contributed by atoms with Crippen molar-refractivity contribution < 1.29 is 13.3 Å². The summed E-state index contributed by atoms with van der Waals surface area (Å²) in [6.45, 7) is 2.38. The molecule has 0 aromatic heterocycles. The largest absolute Gasteiger partial charge is 0.269 e. The molecule has 3 rings (SSSR count). The van der Waals surface area contributed by atoms with Gasteiger partial charge in [0.2, 0.25) is 10.0 Å². The molecule has 0 spiro atoms. The first-order valence-corrected chi connectivity index (χ1v) is 8.17. The molecule has 2 aromatic carbocycles. The summed E-state index contributed by atoms with van der Waals surface area (Å²) < 4.78 is 26.5. The van der Waals surface area contributed by atoms with E-state index in [1.54, 1.807) is 0 Å². The van der Waals surface area contributed by atoms with E-state index in [4.69, 9.17) is 0 Å². The molecule has 1 fully saturated rings. The highest BCUT2D eigenvalue weighted by Gasteiger charge is 2.46. The van der Waals surface area contributed by atoms with Crippen molar-refractivity contribution in [1.82, 2.24) is 4.31 Å². The zero-order chi connectivity index (χ0) is 15.9. The molecular formula is C15H14N2O4S. The second kappa shape index (κ2) is 5.19. The molecule has 0 amide bonds. The molecule has 114 valence electrons. The minimum absolute atomic E-state index is 0.0779. The van der Waals surface area contributed by atoms with Crippen molar-refractivity contribution in [3.05, 3.63) is 69.8 Å². The minimum atomic E-state index is -3.61. The van der Waals surface area contributed by atoms with Crippen LogP contribution in [0.5, 0.6) is 0 Å². The lowest BCUT2D eigenvalue weighted by atomic mass is 10.1. The average Bonchev–Trinajstić information content (AvgIpc) is 3.29. The molecule has 6 nitrogen and oxygen atoms in total. The Morgan fingerprint density at radius 1 is 1.14 bits per heavy atom. The normalized spacial score (nSPS) is 20.6. The van der Waals surface area contributed by atoms with Crippen LogP contribution in [0.3, 0.4) is 0 Å². The first-order chi connectivity index (χ1) is 10.4. The van der Waals surface area contributed by atoms with Gasteiger partial charge in [-0.2, -0.15) is 4.31 Å². The smallest absolute Gasteiger partial charge is 0.258 e. The number of rotatable bonds is 4. The number of hydrogen-bond donors (Lipinski definition) is 0. The maximum absolute atomic E-state index is 12.5. The highest BCUT2D eigenvalue weighted by molar-refractivity contribution is 7.89. The van der Waals surface area contributed by atoms with Crippen LogP contribution in [-0.2, 0) is 10.0 Å². The summed E-state index contributed by atoms with van der Waals surface area (Å²) in [5, 5.41) is 10.6. The van der Waals surface area contributed by atoms with Crippen LogP contribution >= 0.6 is 0 Å². The molecule has 1 saturated heterocycles. The number of non-ortho nitro benzene ring substituents is 1. The molecule has 0 bridgehead atoms. The number of nitro groups is 1. The van der Waals surface area contributed by atoms with E-state index in [1.807, 2.05) is 31.2 Å². The Kier molecular flexibility index (Phi) is 3.46. The fourth-order valence-corrected chi connectivity index (χ4v) is 4.02. The van der Waals surface area contributed by atoms with Gasteiger partial charge in [0.05, 0.1) is 15.9 Å². The third kappa shape index (κ3) is 2.49. The van der Waals surface area contributed by atoms with Gasteiger partial charge in [-0.1, -0.05) is 24.3 Å². The maximum Gasteiger partial charge on any atom is 0.269 e. The van der Waals surface area contributed by atoms with E-state index in [2.05, 4.69) is 0 Å². The van der Waals surface area contributed by atoms with Crippen molar-refractivity contribution in [2.45, 2.75) is 17.9 Å². The molecule has 0 saturated carbocycles. The standard InChI is InChI=1S/C15H14N2O4S/c1-11-4-2-3-5-14(11)15-10-16(15)22(20,21)13-8-6-12(7-9-13)17(18)19/h2-9,15H,10H2,1H3. The van der Waals surface area contributed by atoms with Crippen LogP contribution in [0.15, 0.2) is 53.4 Å². The summed E-state index contributed by atoms with van der Waals surface area (Å²) in [5.74, 6) is 0. The molecule has 22 heavy (non-hydrogen) atoms. The molecule has 1 aliphatic heterocycles. The molecular weight excluding hydrogens is 304 g/mol. The Morgan fingerprint density at radius 3 is 2.36 bits per heavy atom. The monoisotopic (exact) mass is 318 g/mol. The average molecular weight is 318 g/mol. The van der Waals surface area contributed by atoms with Crippen molar-refractivity contribution >= 4 is 15.7 Å². The van der Waals surface area contributed by atoms with Crippen LogP contribution < -0.4 is 0 Å².